The molecule has 9 nitrogen and oxygen atoms in total. The molecule has 2 N–H and O–H groups in total. The minimum atomic E-state index is -3.46. The standard InChI is InChI=1S/C19H23N5O4S/c1-20-29(27,28)16-9-6-15(7-10-16)8-11-18(25)21-12-4-14-24-19(26)23-13-3-2-5-17(23)22-24/h2-3,5-7,9-10,13,20H,4,8,11-12,14H2,1H3,(H,21,25). The van der Waals surface area contributed by atoms with Crippen molar-refractivity contribution in [2.75, 3.05) is 13.6 Å². The number of nitrogens with one attached hydrogen (secondary N) is 2. The van der Waals surface area contributed by atoms with Gasteiger partial charge in [-0.2, -0.15) is 0 Å². The van der Waals surface area contributed by atoms with Crippen LogP contribution in [-0.2, 0) is 27.8 Å². The van der Waals surface area contributed by atoms with Crippen LogP contribution in [0.15, 0.2) is 58.4 Å². The van der Waals surface area contributed by atoms with E-state index in [1.54, 1.807) is 30.5 Å². The zero-order valence-corrected chi connectivity index (χ0v) is 16.9. The lowest BCUT2D eigenvalue weighted by Crippen LogP contribution is -2.27. The molecule has 0 radical (unpaired) electrons. The van der Waals surface area contributed by atoms with Crippen molar-refractivity contribution >= 4 is 21.6 Å². The van der Waals surface area contributed by atoms with Crippen LogP contribution in [0.3, 0.4) is 0 Å². The molecule has 154 valence electrons. The molecule has 2 heterocycles. The Balaban J connectivity index is 1.42. The van der Waals surface area contributed by atoms with E-state index in [0.29, 0.717) is 38.0 Å². The van der Waals surface area contributed by atoms with Gasteiger partial charge in [-0.1, -0.05) is 18.2 Å². The molecule has 3 rings (SSSR count). The fraction of sp³-hybridized carbons (Fsp3) is 0.316. The van der Waals surface area contributed by atoms with Crippen LogP contribution in [-0.4, -0.2) is 42.1 Å². The number of aromatic nitrogens is 3. The summed E-state index contributed by atoms with van der Waals surface area (Å²) in [5, 5.41) is 7.07. The molecule has 0 saturated carbocycles. The summed E-state index contributed by atoms with van der Waals surface area (Å²) in [6.45, 7) is 0.862. The number of amides is 1. The molecule has 0 fully saturated rings. The van der Waals surface area contributed by atoms with Crippen molar-refractivity contribution in [3.8, 4) is 0 Å². The van der Waals surface area contributed by atoms with Crippen LogP contribution < -0.4 is 15.7 Å². The number of rotatable bonds is 9. The fourth-order valence-electron chi connectivity index (χ4n) is 2.87. The fourth-order valence-corrected chi connectivity index (χ4v) is 3.60. The molecule has 0 unspecified atom stereocenters. The number of hydrogen-bond acceptors (Lipinski definition) is 5. The van der Waals surface area contributed by atoms with E-state index in [4.69, 9.17) is 0 Å². The molecule has 0 saturated heterocycles. The first-order chi connectivity index (χ1) is 13.9. The van der Waals surface area contributed by atoms with E-state index in [0.717, 1.165) is 5.56 Å². The van der Waals surface area contributed by atoms with E-state index in [9.17, 15) is 18.0 Å². The predicted molar refractivity (Wildman–Crippen MR) is 108 cm³/mol. The summed E-state index contributed by atoms with van der Waals surface area (Å²) in [5.41, 5.74) is 1.28. The Bertz CT molecular complexity index is 1150. The number of hydrogen-bond donors (Lipinski definition) is 2. The number of carbonyl (C=O) groups excluding carboxylic acids is 1. The number of sulfonamides is 1. The molecule has 0 bridgehead atoms. The molecule has 0 atom stereocenters. The molecule has 1 amide bonds. The molecule has 3 aromatic rings. The average Bonchev–Trinajstić information content (AvgIpc) is 3.06. The van der Waals surface area contributed by atoms with Crippen LogP contribution in [0, 0.1) is 0 Å². The van der Waals surface area contributed by atoms with Crippen LogP contribution >= 0.6 is 0 Å². The van der Waals surface area contributed by atoms with Crippen molar-refractivity contribution in [3.63, 3.8) is 0 Å². The number of carbonyl (C=O) groups is 1. The van der Waals surface area contributed by atoms with Gasteiger partial charge in [-0.3, -0.25) is 9.20 Å². The minimum Gasteiger partial charge on any atom is -0.356 e. The van der Waals surface area contributed by atoms with Crippen LogP contribution in [0.4, 0.5) is 0 Å². The zero-order valence-electron chi connectivity index (χ0n) is 16.0. The van der Waals surface area contributed by atoms with Gasteiger partial charge in [0.25, 0.3) is 0 Å². The molecule has 29 heavy (non-hydrogen) atoms. The quantitative estimate of drug-likeness (QED) is 0.493. The van der Waals surface area contributed by atoms with E-state index >= 15 is 0 Å². The van der Waals surface area contributed by atoms with Gasteiger partial charge < -0.3 is 5.32 Å². The van der Waals surface area contributed by atoms with Crippen molar-refractivity contribution in [2.24, 2.45) is 0 Å². The number of pyridine rings is 1. The highest BCUT2D eigenvalue weighted by Crippen LogP contribution is 2.11. The topological polar surface area (TPSA) is 115 Å². The Labute approximate surface area is 168 Å². The van der Waals surface area contributed by atoms with Crippen molar-refractivity contribution in [2.45, 2.75) is 30.7 Å². The minimum absolute atomic E-state index is 0.0979. The molecule has 0 aliphatic rings. The highest BCUT2D eigenvalue weighted by Gasteiger charge is 2.11. The number of nitrogens with zero attached hydrogens (tertiary/aromatic N) is 3. The van der Waals surface area contributed by atoms with Gasteiger partial charge in [-0.25, -0.2) is 22.6 Å². The third kappa shape index (κ3) is 5.09. The lowest BCUT2D eigenvalue weighted by atomic mass is 10.1. The highest BCUT2D eigenvalue weighted by atomic mass is 32.2. The van der Waals surface area contributed by atoms with Crippen LogP contribution in [0.1, 0.15) is 18.4 Å². The lowest BCUT2D eigenvalue weighted by molar-refractivity contribution is -0.121. The van der Waals surface area contributed by atoms with Gasteiger partial charge in [-0.05, 0) is 49.7 Å². The highest BCUT2D eigenvalue weighted by molar-refractivity contribution is 7.89. The van der Waals surface area contributed by atoms with Crippen LogP contribution in [0.25, 0.3) is 5.65 Å². The molecule has 10 heteroatoms. The first kappa shape index (κ1) is 20.7. The Morgan fingerprint density at radius 3 is 2.59 bits per heavy atom. The number of fused-ring (bicyclic) bond motifs is 1. The monoisotopic (exact) mass is 417 g/mol. The second-order valence-electron chi connectivity index (χ2n) is 6.49. The van der Waals surface area contributed by atoms with Gasteiger partial charge in [0.15, 0.2) is 5.65 Å². The maximum absolute atomic E-state index is 12.2. The molecule has 0 spiro atoms. The zero-order chi connectivity index (χ0) is 20.9. The van der Waals surface area contributed by atoms with Crippen molar-refractivity contribution in [3.05, 3.63) is 64.7 Å². The SMILES string of the molecule is CNS(=O)(=O)c1ccc(CCC(=O)NCCCn2nc3ccccn3c2=O)cc1. The molecular weight excluding hydrogens is 394 g/mol. The summed E-state index contributed by atoms with van der Waals surface area (Å²) < 4.78 is 28.5. The van der Waals surface area contributed by atoms with Crippen molar-refractivity contribution in [1.29, 1.82) is 0 Å². The van der Waals surface area contributed by atoms with E-state index < -0.39 is 10.0 Å². The van der Waals surface area contributed by atoms with E-state index in [1.807, 2.05) is 6.07 Å². The normalized spacial score (nSPS) is 11.6. The van der Waals surface area contributed by atoms with Crippen molar-refractivity contribution in [1.82, 2.24) is 24.2 Å². The third-order valence-corrected chi connectivity index (χ3v) is 5.93. The van der Waals surface area contributed by atoms with E-state index in [-0.39, 0.29) is 16.5 Å². The Morgan fingerprint density at radius 2 is 1.90 bits per heavy atom. The van der Waals surface area contributed by atoms with Gasteiger partial charge in [0.1, 0.15) is 0 Å². The maximum Gasteiger partial charge on any atom is 0.350 e. The van der Waals surface area contributed by atoms with Gasteiger partial charge in [0.2, 0.25) is 15.9 Å². The third-order valence-electron chi connectivity index (χ3n) is 4.50. The lowest BCUT2D eigenvalue weighted by Gasteiger charge is -2.06. The first-order valence-electron chi connectivity index (χ1n) is 9.24. The molecule has 0 aliphatic carbocycles. The summed E-state index contributed by atoms with van der Waals surface area (Å²) in [5.74, 6) is -0.0979. The van der Waals surface area contributed by atoms with Crippen LogP contribution in [0.2, 0.25) is 0 Å². The smallest absolute Gasteiger partial charge is 0.350 e. The molecule has 0 aliphatic heterocycles. The molecule has 1 aromatic carbocycles. The Morgan fingerprint density at radius 1 is 1.14 bits per heavy atom. The van der Waals surface area contributed by atoms with Gasteiger partial charge in [-0.15, -0.1) is 5.10 Å². The Kier molecular flexibility index (Phi) is 6.45. The summed E-state index contributed by atoms with van der Waals surface area (Å²) in [4.78, 5) is 24.3. The first-order valence-corrected chi connectivity index (χ1v) is 10.7. The summed E-state index contributed by atoms with van der Waals surface area (Å²) in [7, 11) is -2.10. The second-order valence-corrected chi connectivity index (χ2v) is 8.38. The summed E-state index contributed by atoms with van der Waals surface area (Å²) in [6.07, 6.45) is 3.07. The van der Waals surface area contributed by atoms with Gasteiger partial charge in [0, 0.05) is 25.7 Å². The largest absolute Gasteiger partial charge is 0.356 e. The average molecular weight is 417 g/mol. The summed E-state index contributed by atoms with van der Waals surface area (Å²) >= 11 is 0. The predicted octanol–water partition coefficient (Wildman–Crippen LogP) is 0.543. The van der Waals surface area contributed by atoms with Gasteiger partial charge >= 0.3 is 5.69 Å². The maximum atomic E-state index is 12.2. The number of aryl methyl sites for hydroxylation is 2. The molecular formula is C19H23N5O4S. The number of benzene rings is 1. The molecule has 2 aromatic heterocycles. The van der Waals surface area contributed by atoms with E-state index in [2.05, 4.69) is 15.1 Å². The van der Waals surface area contributed by atoms with E-state index in [1.165, 1.54) is 28.3 Å². The summed E-state index contributed by atoms with van der Waals surface area (Å²) in [6, 6.07) is 11.8. The van der Waals surface area contributed by atoms with Crippen molar-refractivity contribution < 1.29 is 13.2 Å². The second kappa shape index (κ2) is 9.01. The van der Waals surface area contributed by atoms with Gasteiger partial charge in [0.05, 0.1) is 4.90 Å². The van der Waals surface area contributed by atoms with Crippen LogP contribution in [0.5, 0.6) is 0 Å². The Hall–Kier alpha value is -2.98.